The van der Waals surface area contributed by atoms with Crippen LogP contribution in [0.5, 0.6) is 0 Å². The Morgan fingerprint density at radius 2 is 0.842 bits per heavy atom. The van der Waals surface area contributed by atoms with Crippen LogP contribution in [-0.4, -0.2) is 159 Å². The number of nitrogens with one attached hydrogen (secondary N) is 4. The van der Waals surface area contributed by atoms with Gasteiger partial charge in [-0.05, 0) is 21.1 Å². The molecule has 0 atom stereocenters. The fourth-order valence-corrected chi connectivity index (χ4v) is 2.89. The van der Waals surface area contributed by atoms with Gasteiger partial charge in [0.05, 0.1) is 111 Å². The first-order valence-electron chi connectivity index (χ1n) is 15.6. The molecular weight excluding hydrogens is 500 g/mol. The van der Waals surface area contributed by atoms with Gasteiger partial charge in [0.15, 0.2) is 0 Å². The van der Waals surface area contributed by atoms with Gasteiger partial charge >= 0.3 is 0 Å². The van der Waals surface area contributed by atoms with Crippen LogP contribution in [0.15, 0.2) is 0 Å². The first-order chi connectivity index (χ1) is 20.6. The second-order valence-corrected chi connectivity index (χ2v) is 8.19. The standard InChI is InChI=1S/C25H54N4O9/c1-26-4-8-31-12-16-35-20-25(21-36-17-13-32-9-5-27-2,22-37-18-14-33-10-6-28-3)23-38-19-15-34-11-7-29-24-30/h24,26-28H,4-23H2,1-3H3,(H,29,30)/i1D,2D,3D,24D. The van der Waals surface area contributed by atoms with E-state index in [0.717, 1.165) is 0 Å². The molecule has 0 aliphatic rings. The SMILES string of the molecule is [2H]CNCCOCCOCC(COCCOCCNC[2H])(COCCOCCNC[2H])COCCOCCNC([2H])=O. The van der Waals surface area contributed by atoms with E-state index in [4.69, 9.17) is 43.4 Å². The van der Waals surface area contributed by atoms with Gasteiger partial charge in [-0.3, -0.25) is 4.79 Å². The largest absolute Gasteiger partial charge is 0.378 e. The predicted octanol–water partition coefficient (Wildman–Crippen LogP) is -1.49. The molecule has 1 amide bonds. The molecule has 4 N–H and O–H groups in total. The minimum absolute atomic E-state index is 0.148. The van der Waals surface area contributed by atoms with Gasteiger partial charge in [0.2, 0.25) is 6.39 Å². The van der Waals surface area contributed by atoms with Crippen LogP contribution in [0.2, 0.25) is 0 Å². The second kappa shape index (κ2) is 30.6. The van der Waals surface area contributed by atoms with Crippen molar-refractivity contribution < 1.29 is 48.2 Å². The van der Waals surface area contributed by atoms with E-state index in [1.807, 2.05) is 0 Å². The summed E-state index contributed by atoms with van der Waals surface area (Å²) >= 11 is 0. The monoisotopic (exact) mass is 558 g/mol. The molecular formula is C25H54N4O9. The van der Waals surface area contributed by atoms with Crippen LogP contribution < -0.4 is 21.3 Å². The molecule has 0 aliphatic carbocycles. The summed E-state index contributed by atoms with van der Waals surface area (Å²) in [6.45, 7) is 7.88. The smallest absolute Gasteiger partial charge is 0.207 e. The zero-order valence-electron chi connectivity index (χ0n) is 26.9. The number of hydrogen-bond donors (Lipinski definition) is 4. The van der Waals surface area contributed by atoms with E-state index in [1.165, 1.54) is 0 Å². The molecule has 0 aliphatic heterocycles. The van der Waals surface area contributed by atoms with E-state index in [0.29, 0.717) is 112 Å². The lowest BCUT2D eigenvalue weighted by atomic mass is 9.92. The number of carbonyl (C=O) groups is 1. The van der Waals surface area contributed by atoms with Crippen molar-refractivity contribution >= 4 is 6.39 Å². The summed E-state index contributed by atoms with van der Waals surface area (Å²) in [5.74, 6) is 0. The molecule has 0 heterocycles. The molecule has 0 aromatic heterocycles. The third-order valence-electron chi connectivity index (χ3n) is 4.83. The highest BCUT2D eigenvalue weighted by Gasteiger charge is 2.32. The summed E-state index contributed by atoms with van der Waals surface area (Å²) in [4.78, 5) is 10.6. The number of ether oxygens (including phenoxy) is 8. The van der Waals surface area contributed by atoms with Gasteiger partial charge in [-0.1, -0.05) is 0 Å². The molecule has 228 valence electrons. The van der Waals surface area contributed by atoms with E-state index < -0.39 is 11.8 Å². The lowest BCUT2D eigenvalue weighted by molar-refractivity contribution is -0.121. The van der Waals surface area contributed by atoms with Crippen molar-refractivity contribution in [2.75, 3.05) is 153 Å². The van der Waals surface area contributed by atoms with Gasteiger partial charge in [0.25, 0.3) is 0 Å². The van der Waals surface area contributed by atoms with E-state index >= 15 is 0 Å². The molecule has 13 nitrogen and oxygen atoms in total. The predicted molar refractivity (Wildman–Crippen MR) is 145 cm³/mol. The van der Waals surface area contributed by atoms with Gasteiger partial charge in [0, 0.05) is 30.3 Å². The van der Waals surface area contributed by atoms with Crippen LogP contribution >= 0.6 is 0 Å². The van der Waals surface area contributed by atoms with Crippen molar-refractivity contribution in [3.63, 3.8) is 0 Å². The highest BCUT2D eigenvalue weighted by atomic mass is 16.6. The zero-order chi connectivity index (χ0) is 30.8. The molecule has 0 radical (unpaired) electrons. The first kappa shape index (κ1) is 30.0. The van der Waals surface area contributed by atoms with Gasteiger partial charge in [-0.25, -0.2) is 0 Å². The maximum Gasteiger partial charge on any atom is 0.207 e. The maximum atomic E-state index is 10.6. The lowest BCUT2D eigenvalue weighted by Crippen LogP contribution is -2.43. The van der Waals surface area contributed by atoms with Gasteiger partial charge < -0.3 is 59.2 Å². The summed E-state index contributed by atoms with van der Waals surface area (Å²) in [7, 11) is 0.445. The highest BCUT2D eigenvalue weighted by molar-refractivity contribution is 5.45. The summed E-state index contributed by atoms with van der Waals surface area (Å²) < 4.78 is 73.9. The Labute approximate surface area is 234 Å². The van der Waals surface area contributed by atoms with E-state index in [9.17, 15) is 4.79 Å². The summed E-state index contributed by atoms with van der Waals surface area (Å²) in [6, 6.07) is 0. The van der Waals surface area contributed by atoms with Crippen LogP contribution in [0, 0.1) is 5.41 Å². The summed E-state index contributed by atoms with van der Waals surface area (Å²) in [5.41, 5.74) is -0.633. The molecule has 0 fully saturated rings. The Bertz CT molecular complexity index is 532. The number of hydrogen-bond acceptors (Lipinski definition) is 12. The number of rotatable bonds is 32. The third-order valence-corrected chi connectivity index (χ3v) is 4.83. The Morgan fingerprint density at radius 3 is 1.16 bits per heavy atom. The fourth-order valence-electron chi connectivity index (χ4n) is 2.89. The average molecular weight is 559 g/mol. The van der Waals surface area contributed by atoms with Crippen molar-refractivity contribution in [3.8, 4) is 0 Å². The average Bonchev–Trinajstić information content (AvgIpc) is 2.98. The van der Waals surface area contributed by atoms with Crippen LogP contribution in [0.25, 0.3) is 0 Å². The number of amides is 1. The molecule has 13 heteroatoms. The molecule has 38 heavy (non-hydrogen) atoms. The van der Waals surface area contributed by atoms with Gasteiger partial charge in [0.1, 0.15) is 1.37 Å². The lowest BCUT2D eigenvalue weighted by Gasteiger charge is -2.33. The van der Waals surface area contributed by atoms with Crippen molar-refractivity contribution in [2.45, 2.75) is 0 Å². The zero-order valence-corrected chi connectivity index (χ0v) is 22.9. The Morgan fingerprint density at radius 1 is 0.526 bits per heavy atom. The molecule has 0 saturated carbocycles. The molecule has 0 unspecified atom stereocenters. The second-order valence-electron chi connectivity index (χ2n) is 8.19. The van der Waals surface area contributed by atoms with Gasteiger partial charge in [-0.2, -0.15) is 0 Å². The van der Waals surface area contributed by atoms with Crippen LogP contribution in [0.1, 0.15) is 5.48 Å². The first-order valence-corrected chi connectivity index (χ1v) is 13.0. The Kier molecular flexibility index (Phi) is 24.1. The van der Waals surface area contributed by atoms with E-state index in [2.05, 4.69) is 21.3 Å². The van der Waals surface area contributed by atoms with Crippen LogP contribution in [0.4, 0.5) is 0 Å². The molecule has 0 aromatic rings. The molecule has 0 aromatic carbocycles. The van der Waals surface area contributed by atoms with Crippen LogP contribution in [-0.2, 0) is 42.7 Å². The van der Waals surface area contributed by atoms with Crippen molar-refractivity contribution in [1.29, 1.82) is 0 Å². The topological polar surface area (TPSA) is 139 Å². The highest BCUT2D eigenvalue weighted by Crippen LogP contribution is 2.21. The summed E-state index contributed by atoms with van der Waals surface area (Å²) in [5, 5.41) is 11.0. The summed E-state index contributed by atoms with van der Waals surface area (Å²) in [6.07, 6.45) is -0.848. The maximum absolute atomic E-state index is 10.6. The number of likely N-dealkylation sites (N-methyl/N-ethyl adjacent to an activating group) is 3. The molecule has 0 bridgehead atoms. The molecule has 0 saturated heterocycles. The molecule has 0 rings (SSSR count). The quantitative estimate of drug-likeness (QED) is 0.0565. The Hall–Kier alpha value is -0.970. The third kappa shape index (κ3) is 25.3. The van der Waals surface area contributed by atoms with Gasteiger partial charge in [-0.15, -0.1) is 0 Å². The minimum Gasteiger partial charge on any atom is -0.378 e. The van der Waals surface area contributed by atoms with Crippen molar-refractivity contribution in [1.82, 2.24) is 21.3 Å². The van der Waals surface area contributed by atoms with Crippen molar-refractivity contribution in [3.05, 3.63) is 0 Å². The van der Waals surface area contributed by atoms with E-state index in [-0.39, 0.29) is 40.8 Å². The Balaban J connectivity index is 4.85. The fraction of sp³-hybridized carbons (Fsp3) is 0.960. The van der Waals surface area contributed by atoms with E-state index in [1.54, 1.807) is 0 Å². The van der Waals surface area contributed by atoms with Crippen LogP contribution in [0.3, 0.4) is 0 Å². The normalized spacial score (nSPS) is 13.2. The van der Waals surface area contributed by atoms with Crippen molar-refractivity contribution in [2.24, 2.45) is 5.41 Å². The number of carbonyl (C=O) groups excluding carboxylic acids is 1. The minimum atomic E-state index is -0.848. The molecule has 0 spiro atoms.